The zero-order chi connectivity index (χ0) is 22.4. The lowest BCUT2D eigenvalue weighted by molar-refractivity contribution is -0.135. The molecular weight excluding hydrogens is 413 g/mol. The van der Waals surface area contributed by atoms with E-state index >= 15 is 0 Å². The summed E-state index contributed by atoms with van der Waals surface area (Å²) in [7, 11) is 2.57. The molecule has 8 nitrogen and oxygen atoms in total. The number of thiazole rings is 1. The fraction of sp³-hybridized carbons (Fsp3) is 0.350. The molecule has 0 aliphatic carbocycles. The van der Waals surface area contributed by atoms with E-state index in [1.165, 1.54) is 4.90 Å². The van der Waals surface area contributed by atoms with Crippen LogP contribution in [0.25, 0.3) is 11.3 Å². The van der Waals surface area contributed by atoms with E-state index in [9.17, 15) is 19.1 Å². The van der Waals surface area contributed by atoms with Gasteiger partial charge in [-0.3, -0.25) is 9.59 Å². The third kappa shape index (κ3) is 4.94. The van der Waals surface area contributed by atoms with E-state index in [2.05, 4.69) is 16.8 Å². The maximum atomic E-state index is 14.4. The number of aromatic nitrogens is 1. The zero-order valence-corrected chi connectivity index (χ0v) is 17.5. The fourth-order valence-corrected chi connectivity index (χ4v) is 3.47. The van der Waals surface area contributed by atoms with E-state index in [0.717, 1.165) is 18.4 Å². The number of fused-ring (bicyclic) bond motifs is 3. The number of likely N-dealkylation sites (N-methyl/N-ethyl adjacent to an activating group) is 1. The third-order valence-electron chi connectivity index (χ3n) is 4.21. The average molecular weight is 435 g/mol. The van der Waals surface area contributed by atoms with Gasteiger partial charge in [0, 0.05) is 31.8 Å². The topological polar surface area (TPSA) is 126 Å². The Morgan fingerprint density at radius 3 is 2.80 bits per heavy atom. The quantitative estimate of drug-likeness (QED) is 0.620. The first-order valence-corrected chi connectivity index (χ1v) is 9.74. The fourth-order valence-electron chi connectivity index (χ4n) is 2.58. The maximum absolute atomic E-state index is 14.4. The van der Waals surface area contributed by atoms with Gasteiger partial charge in [-0.05, 0) is 25.1 Å². The second-order valence-corrected chi connectivity index (χ2v) is 7.14. The van der Waals surface area contributed by atoms with Crippen LogP contribution >= 0.6 is 11.3 Å². The van der Waals surface area contributed by atoms with Crippen molar-refractivity contribution < 1.29 is 28.9 Å². The van der Waals surface area contributed by atoms with E-state index < -0.39 is 24.1 Å². The van der Waals surface area contributed by atoms with Crippen molar-refractivity contribution in [3.63, 3.8) is 0 Å². The number of halogens is 1. The Balaban J connectivity index is 0.00000155. The number of ether oxygens (including phenoxy) is 1. The van der Waals surface area contributed by atoms with Gasteiger partial charge in [-0.2, -0.15) is 0 Å². The number of carbonyl (C=O) groups excluding carboxylic acids is 2. The number of aliphatic hydroxyl groups is 2. The van der Waals surface area contributed by atoms with Crippen molar-refractivity contribution in [2.75, 3.05) is 27.3 Å². The first kappa shape index (κ1) is 23.3. The van der Waals surface area contributed by atoms with Crippen molar-refractivity contribution in [2.45, 2.75) is 19.2 Å². The number of rotatable bonds is 3. The summed E-state index contributed by atoms with van der Waals surface area (Å²) in [6.07, 6.45) is -2.89. The summed E-state index contributed by atoms with van der Waals surface area (Å²) in [6, 6.07) is 4.85. The van der Waals surface area contributed by atoms with E-state index in [4.69, 9.17) is 15.6 Å². The molecule has 1 aromatic heterocycles. The molecule has 1 aliphatic heterocycles. The zero-order valence-electron chi connectivity index (χ0n) is 16.7. The van der Waals surface area contributed by atoms with Crippen LogP contribution in [0, 0.1) is 11.8 Å². The van der Waals surface area contributed by atoms with Gasteiger partial charge in [0.1, 0.15) is 12.4 Å². The highest BCUT2D eigenvalue weighted by Crippen LogP contribution is 2.42. The Morgan fingerprint density at radius 2 is 2.17 bits per heavy atom. The maximum Gasteiger partial charge on any atom is 0.277 e. The van der Waals surface area contributed by atoms with Gasteiger partial charge in [0.05, 0.1) is 10.6 Å². The largest absolute Gasteiger partial charge is 0.489 e. The van der Waals surface area contributed by atoms with Crippen LogP contribution in [0.1, 0.15) is 33.3 Å². The second kappa shape index (κ2) is 10.2. The smallest absolute Gasteiger partial charge is 0.277 e. The van der Waals surface area contributed by atoms with E-state index in [1.54, 1.807) is 32.2 Å². The molecule has 4 N–H and O–H groups in total. The van der Waals surface area contributed by atoms with Crippen LogP contribution in [0.3, 0.4) is 0 Å². The predicted molar refractivity (Wildman–Crippen MR) is 110 cm³/mol. The summed E-state index contributed by atoms with van der Waals surface area (Å²) in [6.45, 7) is 2.03. The van der Waals surface area contributed by atoms with Gasteiger partial charge in [-0.1, -0.05) is 11.8 Å². The first-order chi connectivity index (χ1) is 14.3. The van der Waals surface area contributed by atoms with Gasteiger partial charge >= 0.3 is 0 Å². The molecule has 0 spiro atoms. The number of hydrogen-bond donors (Lipinski definition) is 3. The number of nitrogens with two attached hydrogens (primary N) is 1. The van der Waals surface area contributed by atoms with Gasteiger partial charge in [0.2, 0.25) is 0 Å². The molecule has 2 aromatic rings. The lowest BCUT2D eigenvalue weighted by Crippen LogP contribution is -2.35. The van der Waals surface area contributed by atoms with Crippen LogP contribution < -0.4 is 10.5 Å². The molecule has 10 heteroatoms. The number of hydrogen-bond acceptors (Lipinski definition) is 7. The van der Waals surface area contributed by atoms with Crippen molar-refractivity contribution in [3.8, 4) is 28.8 Å². The van der Waals surface area contributed by atoms with Gasteiger partial charge < -0.3 is 25.6 Å². The Kier molecular flexibility index (Phi) is 7.88. The highest BCUT2D eigenvalue weighted by molar-refractivity contribution is 7.14. The number of aliphatic hydroxyl groups excluding tert-OH is 2. The first-order valence-electron chi connectivity index (χ1n) is 8.93. The van der Waals surface area contributed by atoms with Crippen molar-refractivity contribution in [1.82, 2.24) is 9.88 Å². The van der Waals surface area contributed by atoms with Crippen LogP contribution in [0.2, 0.25) is 0 Å². The Labute approximate surface area is 177 Å². The van der Waals surface area contributed by atoms with Crippen LogP contribution in [-0.4, -0.2) is 65.3 Å². The van der Waals surface area contributed by atoms with Crippen LogP contribution in [-0.2, 0) is 4.79 Å². The van der Waals surface area contributed by atoms with Crippen molar-refractivity contribution in [2.24, 2.45) is 5.73 Å². The predicted octanol–water partition coefficient (Wildman–Crippen LogP) is 1.11. The molecule has 0 fully saturated rings. The minimum absolute atomic E-state index is 0.0145. The molecular formula is C20H22FN3O5S. The Morgan fingerprint density at radius 1 is 1.47 bits per heavy atom. The second-order valence-electron chi connectivity index (χ2n) is 6.11. The van der Waals surface area contributed by atoms with Gasteiger partial charge in [0.15, 0.2) is 17.3 Å². The molecule has 3 rings (SSSR count). The molecule has 0 saturated heterocycles. The lowest BCUT2D eigenvalue weighted by atomic mass is 10.1. The minimum Gasteiger partial charge on any atom is -0.489 e. The number of nitrogens with zero attached hydrogens (tertiary/aromatic N) is 2. The highest BCUT2D eigenvalue weighted by Gasteiger charge is 2.28. The molecule has 1 unspecified atom stereocenters. The van der Waals surface area contributed by atoms with Gasteiger partial charge in [-0.25, -0.2) is 9.37 Å². The van der Waals surface area contributed by atoms with Crippen LogP contribution in [0.5, 0.6) is 5.75 Å². The molecule has 0 radical (unpaired) electrons. The molecule has 1 aliphatic rings. The summed E-state index contributed by atoms with van der Waals surface area (Å²) >= 11 is 0.895. The molecule has 2 heterocycles. The number of amides is 2. The third-order valence-corrected chi connectivity index (χ3v) is 5.36. The molecule has 0 bridgehead atoms. The summed E-state index contributed by atoms with van der Waals surface area (Å²) in [5, 5.41) is 16.9. The monoisotopic (exact) mass is 435 g/mol. The lowest BCUT2D eigenvalue weighted by Gasteiger charge is -2.15. The molecule has 2 atom stereocenters. The van der Waals surface area contributed by atoms with Gasteiger partial charge in [0.25, 0.3) is 11.8 Å². The van der Waals surface area contributed by atoms with Gasteiger partial charge in [-0.15, -0.1) is 11.3 Å². The summed E-state index contributed by atoms with van der Waals surface area (Å²) in [5.41, 5.74) is 6.50. The van der Waals surface area contributed by atoms with Crippen molar-refractivity contribution in [1.29, 1.82) is 0 Å². The molecule has 2 amide bonds. The number of primary amides is 1. The molecule has 0 saturated carbocycles. The van der Waals surface area contributed by atoms with E-state index in [-0.39, 0.29) is 22.2 Å². The molecule has 1 aromatic carbocycles. The molecule has 30 heavy (non-hydrogen) atoms. The Hall–Kier alpha value is -3.00. The van der Waals surface area contributed by atoms with Crippen molar-refractivity contribution >= 4 is 23.2 Å². The normalized spacial score (nSPS) is 14.9. The molecule has 160 valence electrons. The number of carbonyl (C=O) groups is 2. The standard InChI is InChI=1S/C19H18FN3O4S.CH4O/c1-3-23(2)19(26)13(24)6-4-10-5-7-14-11(8-10)15-16(12(20)9-27-14)28-18(22-15)17(21)25;1-2/h5,7-8,12-13,24H,3,9H2,1-2H3,(H2,21,25);2H,1H3/t12?,13-;/m1./s1. The highest BCUT2D eigenvalue weighted by atomic mass is 32.1. The van der Waals surface area contributed by atoms with Crippen LogP contribution in [0.15, 0.2) is 18.2 Å². The summed E-state index contributed by atoms with van der Waals surface area (Å²) in [5.74, 6) is 4.40. The SMILES string of the molecule is CCN(C)C(=O)[C@H](O)C#Cc1ccc2c(c1)-c1nc(C(N)=O)sc1C(F)CO2.CO. The number of alkyl halides is 1. The van der Waals surface area contributed by atoms with E-state index in [0.29, 0.717) is 23.4 Å². The van der Waals surface area contributed by atoms with Crippen molar-refractivity contribution in [3.05, 3.63) is 33.6 Å². The average Bonchev–Trinajstić information content (AvgIpc) is 3.17. The summed E-state index contributed by atoms with van der Waals surface area (Å²) < 4.78 is 19.9. The summed E-state index contributed by atoms with van der Waals surface area (Å²) in [4.78, 5) is 29.1. The Bertz CT molecular complexity index is 998. The minimum atomic E-state index is -1.45. The van der Waals surface area contributed by atoms with Crippen LogP contribution in [0.4, 0.5) is 4.39 Å². The number of benzene rings is 1. The van der Waals surface area contributed by atoms with E-state index in [1.807, 2.05) is 0 Å².